The summed E-state index contributed by atoms with van der Waals surface area (Å²) in [6.45, 7) is 6.36. The Morgan fingerprint density at radius 3 is 2.14 bits per heavy atom. The number of esters is 1. The van der Waals surface area contributed by atoms with E-state index in [0.717, 1.165) is 22.6 Å². The molecule has 0 fully saturated rings. The molecule has 1 aromatic heterocycles. The Hall–Kier alpha value is -3.71. The van der Waals surface area contributed by atoms with Crippen molar-refractivity contribution in [1.82, 2.24) is 10.3 Å². The second-order valence-corrected chi connectivity index (χ2v) is 8.80. The predicted octanol–water partition coefficient (Wildman–Crippen LogP) is 3.89. The van der Waals surface area contributed by atoms with E-state index in [1.165, 1.54) is 7.11 Å². The number of benzene rings is 2. The summed E-state index contributed by atoms with van der Waals surface area (Å²) in [4.78, 5) is 28.5. The van der Waals surface area contributed by atoms with Crippen molar-refractivity contribution in [2.24, 2.45) is 5.92 Å². The number of aliphatic hydroxyl groups is 1. The van der Waals surface area contributed by atoms with Crippen LogP contribution in [-0.4, -0.2) is 41.7 Å². The largest absolute Gasteiger partial charge is 0.487 e. The molecule has 2 atom stereocenters. The van der Waals surface area contributed by atoms with Gasteiger partial charge in [-0.3, -0.25) is 9.78 Å². The fraction of sp³-hybridized carbons (Fsp3) is 0.321. The second-order valence-electron chi connectivity index (χ2n) is 8.80. The minimum Gasteiger partial charge on any atom is -0.487 e. The first-order valence-electron chi connectivity index (χ1n) is 11.5. The number of hydrogen-bond acceptors (Lipinski definition) is 6. The van der Waals surface area contributed by atoms with Crippen LogP contribution < -0.4 is 10.1 Å². The van der Waals surface area contributed by atoms with Gasteiger partial charge in [0.1, 0.15) is 12.4 Å². The van der Waals surface area contributed by atoms with E-state index in [1.807, 2.05) is 42.5 Å². The highest BCUT2D eigenvalue weighted by Crippen LogP contribution is 2.39. The number of ether oxygens (including phenoxy) is 2. The number of carbonyl (C=O) groups is 2. The Bertz CT molecular complexity index is 1110. The number of rotatable bonds is 10. The lowest BCUT2D eigenvalue weighted by molar-refractivity contribution is -0.143. The maximum absolute atomic E-state index is 12.6. The third kappa shape index (κ3) is 6.05. The Morgan fingerprint density at radius 2 is 1.63 bits per heavy atom. The van der Waals surface area contributed by atoms with Gasteiger partial charge in [-0.1, -0.05) is 51.1 Å². The minimum absolute atomic E-state index is 0.264. The molecule has 0 aliphatic rings. The number of amides is 1. The van der Waals surface area contributed by atoms with Gasteiger partial charge in [-0.15, -0.1) is 0 Å². The fourth-order valence-electron chi connectivity index (χ4n) is 3.90. The number of carbonyl (C=O) groups excluding carboxylic acids is 2. The molecule has 1 unspecified atom stereocenters. The Morgan fingerprint density at radius 1 is 1.00 bits per heavy atom. The van der Waals surface area contributed by atoms with Crippen molar-refractivity contribution in [2.75, 3.05) is 13.7 Å². The summed E-state index contributed by atoms with van der Waals surface area (Å²) in [6, 6.07) is 20.0. The lowest BCUT2D eigenvalue weighted by atomic mass is 9.68. The highest BCUT2D eigenvalue weighted by molar-refractivity contribution is 5.96. The van der Waals surface area contributed by atoms with Crippen LogP contribution in [-0.2, 0) is 21.6 Å². The third-order valence-electron chi connectivity index (χ3n) is 6.44. The molecule has 0 radical (unpaired) electrons. The van der Waals surface area contributed by atoms with Crippen LogP contribution in [0, 0.1) is 5.92 Å². The number of nitrogens with zero attached hydrogens (tertiary/aromatic N) is 1. The van der Waals surface area contributed by atoms with E-state index in [4.69, 9.17) is 4.74 Å². The number of methoxy groups -OCH3 is 1. The summed E-state index contributed by atoms with van der Waals surface area (Å²) in [5, 5.41) is 11.8. The van der Waals surface area contributed by atoms with Gasteiger partial charge in [0, 0.05) is 17.2 Å². The van der Waals surface area contributed by atoms with Crippen molar-refractivity contribution in [1.29, 1.82) is 0 Å². The van der Waals surface area contributed by atoms with E-state index in [2.05, 4.69) is 47.9 Å². The summed E-state index contributed by atoms with van der Waals surface area (Å²) in [5.74, 6) is -0.124. The first kappa shape index (κ1) is 25.9. The molecule has 0 bridgehead atoms. The number of aromatic nitrogens is 1. The van der Waals surface area contributed by atoms with Gasteiger partial charge >= 0.3 is 5.97 Å². The number of nitrogens with one attached hydrogen (secondary N) is 1. The van der Waals surface area contributed by atoms with Gasteiger partial charge in [-0.25, -0.2) is 4.79 Å². The summed E-state index contributed by atoms with van der Waals surface area (Å²) < 4.78 is 10.5. The first-order chi connectivity index (χ1) is 16.8. The van der Waals surface area contributed by atoms with E-state index in [9.17, 15) is 14.7 Å². The van der Waals surface area contributed by atoms with Gasteiger partial charge in [0.25, 0.3) is 5.91 Å². The van der Waals surface area contributed by atoms with Crippen molar-refractivity contribution in [3.8, 4) is 5.75 Å². The molecule has 0 saturated heterocycles. The van der Waals surface area contributed by atoms with Crippen LogP contribution in [0.4, 0.5) is 0 Å². The zero-order valence-electron chi connectivity index (χ0n) is 20.5. The minimum atomic E-state index is -1.11. The van der Waals surface area contributed by atoms with Crippen molar-refractivity contribution in [3.63, 3.8) is 0 Å². The number of aliphatic hydroxyl groups excluding tert-OH is 1. The summed E-state index contributed by atoms with van der Waals surface area (Å²) >= 11 is 0. The Kier molecular flexibility index (Phi) is 8.60. The molecule has 2 aromatic carbocycles. The van der Waals surface area contributed by atoms with E-state index >= 15 is 0 Å². The monoisotopic (exact) mass is 476 g/mol. The molecule has 0 spiro atoms. The zero-order valence-corrected chi connectivity index (χ0v) is 20.5. The first-order valence-corrected chi connectivity index (χ1v) is 11.5. The molecule has 2 N–H and O–H groups in total. The van der Waals surface area contributed by atoms with Gasteiger partial charge < -0.3 is 19.9 Å². The molecular weight excluding hydrogens is 444 g/mol. The van der Waals surface area contributed by atoms with Crippen molar-refractivity contribution in [3.05, 3.63) is 95.3 Å². The highest BCUT2D eigenvalue weighted by Gasteiger charge is 2.33. The molecule has 0 saturated carbocycles. The maximum Gasteiger partial charge on any atom is 0.330 e. The predicted molar refractivity (Wildman–Crippen MR) is 133 cm³/mol. The summed E-state index contributed by atoms with van der Waals surface area (Å²) in [6.07, 6.45) is 1.74. The molecule has 7 heteroatoms. The smallest absolute Gasteiger partial charge is 0.330 e. The molecule has 7 nitrogen and oxygen atoms in total. The highest BCUT2D eigenvalue weighted by atomic mass is 16.5. The quantitative estimate of drug-likeness (QED) is 0.431. The van der Waals surface area contributed by atoms with Crippen molar-refractivity contribution < 1.29 is 24.2 Å². The van der Waals surface area contributed by atoms with Crippen molar-refractivity contribution >= 4 is 11.9 Å². The third-order valence-corrected chi connectivity index (χ3v) is 6.44. The molecule has 1 heterocycles. The van der Waals surface area contributed by atoms with Crippen LogP contribution >= 0.6 is 0 Å². The zero-order chi connectivity index (χ0) is 25.4. The summed E-state index contributed by atoms with van der Waals surface area (Å²) in [7, 11) is 1.21. The Labute approximate surface area is 206 Å². The van der Waals surface area contributed by atoms with Gasteiger partial charge in [0.15, 0.2) is 6.04 Å². The lowest BCUT2D eigenvalue weighted by Gasteiger charge is -2.35. The van der Waals surface area contributed by atoms with Gasteiger partial charge in [0.2, 0.25) is 0 Å². The van der Waals surface area contributed by atoms with Crippen LogP contribution in [0.3, 0.4) is 0 Å². The molecule has 0 aliphatic heterocycles. The van der Waals surface area contributed by atoms with Crippen LogP contribution in [0.25, 0.3) is 0 Å². The fourth-order valence-corrected chi connectivity index (χ4v) is 3.90. The molecular formula is C28H32N2O5. The molecule has 184 valence electrons. The van der Waals surface area contributed by atoms with Gasteiger partial charge in [-0.05, 0) is 53.4 Å². The number of hydrogen-bond donors (Lipinski definition) is 2. The normalized spacial score (nSPS) is 13.5. The summed E-state index contributed by atoms with van der Waals surface area (Å²) in [5.41, 5.74) is 3.12. The van der Waals surface area contributed by atoms with E-state index in [-0.39, 0.29) is 11.3 Å². The Balaban J connectivity index is 1.76. The van der Waals surface area contributed by atoms with Crippen LogP contribution in [0.5, 0.6) is 5.75 Å². The standard InChI is InChI=1S/C28H32N2O5/c1-19(2)28(3,22-12-14-24(15-13-22)35-18-23-7-5-6-16-29-23)21-10-8-20(9-11-21)26(32)30-25(17-31)27(33)34-4/h5-16,19,25,31H,17-18H2,1-4H3,(H,30,32)/t25-,28?/m1/s1. The second kappa shape index (κ2) is 11.6. The van der Waals surface area contributed by atoms with Crippen molar-refractivity contribution in [2.45, 2.75) is 38.8 Å². The average Bonchev–Trinajstić information content (AvgIpc) is 2.90. The van der Waals surface area contributed by atoms with E-state index in [0.29, 0.717) is 12.2 Å². The maximum atomic E-state index is 12.6. The van der Waals surface area contributed by atoms with Crippen LogP contribution in [0.1, 0.15) is 48.0 Å². The molecule has 0 aliphatic carbocycles. The molecule has 35 heavy (non-hydrogen) atoms. The number of pyridine rings is 1. The lowest BCUT2D eigenvalue weighted by Crippen LogP contribution is -2.44. The average molecular weight is 477 g/mol. The molecule has 1 amide bonds. The topological polar surface area (TPSA) is 97.8 Å². The van der Waals surface area contributed by atoms with Crippen LogP contribution in [0.2, 0.25) is 0 Å². The molecule has 3 aromatic rings. The molecule has 3 rings (SSSR count). The van der Waals surface area contributed by atoms with E-state index < -0.39 is 24.5 Å². The SMILES string of the molecule is COC(=O)[C@@H](CO)NC(=O)c1ccc(C(C)(c2ccc(OCc3ccccn3)cc2)C(C)C)cc1. The van der Waals surface area contributed by atoms with E-state index in [1.54, 1.807) is 18.3 Å². The van der Waals surface area contributed by atoms with Gasteiger partial charge in [0.05, 0.1) is 19.4 Å². The van der Waals surface area contributed by atoms with Gasteiger partial charge in [-0.2, -0.15) is 0 Å². The van der Waals surface area contributed by atoms with Crippen LogP contribution in [0.15, 0.2) is 72.9 Å².